The molecule has 0 radical (unpaired) electrons. The standard InChI is InChI=1S/C11H13N3O4S/c1-5(2)7-8(15)13-10(17)14(9(7)16)3-6-4-19-11(18)12-6/h4-5,16H,3H2,1-2H3,(H,12,18)(H,13,15,17). The minimum absolute atomic E-state index is 0.0000926. The molecule has 0 amide bonds. The molecule has 0 fully saturated rings. The van der Waals surface area contributed by atoms with E-state index in [2.05, 4.69) is 9.97 Å². The molecule has 0 bridgehead atoms. The highest BCUT2D eigenvalue weighted by Crippen LogP contribution is 2.19. The van der Waals surface area contributed by atoms with Gasteiger partial charge in [0.05, 0.1) is 12.1 Å². The predicted octanol–water partition coefficient (Wildman–Crippen LogP) is 0.164. The van der Waals surface area contributed by atoms with Crippen molar-refractivity contribution in [2.45, 2.75) is 26.3 Å². The third-order valence-electron chi connectivity index (χ3n) is 2.68. The maximum Gasteiger partial charge on any atom is 0.331 e. The lowest BCUT2D eigenvalue weighted by Gasteiger charge is -2.12. The molecule has 2 aromatic heterocycles. The van der Waals surface area contributed by atoms with Crippen LogP contribution in [0.15, 0.2) is 19.8 Å². The number of hydrogen-bond acceptors (Lipinski definition) is 5. The highest BCUT2D eigenvalue weighted by Gasteiger charge is 2.17. The van der Waals surface area contributed by atoms with Crippen LogP contribution < -0.4 is 16.1 Å². The molecular weight excluding hydrogens is 270 g/mol. The van der Waals surface area contributed by atoms with E-state index in [0.29, 0.717) is 5.69 Å². The quantitative estimate of drug-likeness (QED) is 0.745. The van der Waals surface area contributed by atoms with Crippen LogP contribution >= 0.6 is 11.3 Å². The van der Waals surface area contributed by atoms with Crippen LogP contribution in [0, 0.1) is 0 Å². The number of rotatable bonds is 3. The van der Waals surface area contributed by atoms with E-state index in [1.165, 1.54) is 0 Å². The van der Waals surface area contributed by atoms with E-state index in [1.54, 1.807) is 19.2 Å². The van der Waals surface area contributed by atoms with Gasteiger partial charge in [-0.15, -0.1) is 0 Å². The third-order valence-corrected chi connectivity index (χ3v) is 3.40. The Labute approximate surface area is 111 Å². The fourth-order valence-electron chi connectivity index (χ4n) is 1.80. The summed E-state index contributed by atoms with van der Waals surface area (Å²) in [6.07, 6.45) is 0. The van der Waals surface area contributed by atoms with Crippen molar-refractivity contribution in [1.82, 2.24) is 14.5 Å². The Hall–Kier alpha value is -2.09. The van der Waals surface area contributed by atoms with Crippen LogP contribution in [0.2, 0.25) is 0 Å². The topological polar surface area (TPSA) is 108 Å². The Kier molecular flexibility index (Phi) is 3.43. The van der Waals surface area contributed by atoms with Crippen LogP contribution in [0.5, 0.6) is 5.88 Å². The molecule has 102 valence electrons. The molecule has 0 saturated carbocycles. The number of aromatic hydroxyl groups is 1. The van der Waals surface area contributed by atoms with Gasteiger partial charge in [0.1, 0.15) is 0 Å². The molecule has 0 saturated heterocycles. The van der Waals surface area contributed by atoms with Gasteiger partial charge >= 0.3 is 10.6 Å². The summed E-state index contributed by atoms with van der Waals surface area (Å²) in [4.78, 5) is 38.8. The van der Waals surface area contributed by atoms with Crippen molar-refractivity contribution in [3.05, 3.63) is 47.1 Å². The predicted molar refractivity (Wildman–Crippen MR) is 71.1 cm³/mol. The van der Waals surface area contributed by atoms with Crippen molar-refractivity contribution in [2.24, 2.45) is 0 Å². The van der Waals surface area contributed by atoms with E-state index in [1.807, 2.05) is 0 Å². The number of thiazole rings is 1. The van der Waals surface area contributed by atoms with Gasteiger partial charge in [0, 0.05) is 11.1 Å². The van der Waals surface area contributed by atoms with Crippen molar-refractivity contribution in [3.8, 4) is 5.88 Å². The Morgan fingerprint density at radius 1 is 1.32 bits per heavy atom. The van der Waals surface area contributed by atoms with E-state index < -0.39 is 11.2 Å². The molecule has 3 N–H and O–H groups in total. The lowest BCUT2D eigenvalue weighted by atomic mass is 10.1. The van der Waals surface area contributed by atoms with Crippen LogP contribution in [-0.2, 0) is 6.54 Å². The normalized spacial score (nSPS) is 11.1. The first-order chi connectivity index (χ1) is 8.90. The fraction of sp³-hybridized carbons (Fsp3) is 0.364. The molecule has 7 nitrogen and oxygen atoms in total. The van der Waals surface area contributed by atoms with E-state index in [9.17, 15) is 19.5 Å². The van der Waals surface area contributed by atoms with E-state index in [0.717, 1.165) is 15.9 Å². The summed E-state index contributed by atoms with van der Waals surface area (Å²) in [6, 6.07) is 0. The van der Waals surface area contributed by atoms with Gasteiger partial charge in [-0.1, -0.05) is 25.2 Å². The SMILES string of the molecule is CC(C)c1c(O)n(Cc2csc(=O)[nH]2)c(=O)[nH]c1=O. The summed E-state index contributed by atoms with van der Waals surface area (Å²) in [7, 11) is 0. The highest BCUT2D eigenvalue weighted by atomic mass is 32.1. The van der Waals surface area contributed by atoms with Crippen LogP contribution in [0.4, 0.5) is 0 Å². The third kappa shape index (κ3) is 2.53. The molecule has 0 spiro atoms. The molecule has 0 aliphatic heterocycles. The van der Waals surface area contributed by atoms with Crippen molar-refractivity contribution < 1.29 is 5.11 Å². The Morgan fingerprint density at radius 3 is 2.53 bits per heavy atom. The van der Waals surface area contributed by atoms with E-state index >= 15 is 0 Å². The second-order valence-electron chi connectivity index (χ2n) is 4.41. The molecule has 2 aromatic rings. The molecule has 0 atom stereocenters. The Morgan fingerprint density at radius 2 is 2.00 bits per heavy atom. The Bertz CT molecular complexity index is 765. The molecule has 19 heavy (non-hydrogen) atoms. The molecule has 2 heterocycles. The lowest BCUT2D eigenvalue weighted by molar-refractivity contribution is 0.397. The minimum atomic E-state index is -0.709. The van der Waals surface area contributed by atoms with Gasteiger partial charge in [0.15, 0.2) is 0 Å². The second-order valence-corrected chi connectivity index (χ2v) is 5.25. The lowest BCUT2D eigenvalue weighted by Crippen LogP contribution is -2.33. The summed E-state index contributed by atoms with van der Waals surface area (Å²) in [5.41, 5.74) is -0.655. The van der Waals surface area contributed by atoms with Gasteiger partial charge in [-0.05, 0) is 5.92 Å². The Balaban J connectivity index is 2.57. The van der Waals surface area contributed by atoms with Crippen LogP contribution in [-0.4, -0.2) is 19.6 Å². The first kappa shape index (κ1) is 13.3. The first-order valence-corrected chi connectivity index (χ1v) is 6.50. The first-order valence-electron chi connectivity index (χ1n) is 5.62. The monoisotopic (exact) mass is 283 g/mol. The minimum Gasteiger partial charge on any atom is -0.494 e. The number of nitrogens with one attached hydrogen (secondary N) is 2. The van der Waals surface area contributed by atoms with Gasteiger partial charge in [0.25, 0.3) is 5.56 Å². The average Bonchev–Trinajstić information content (AvgIpc) is 2.69. The number of hydrogen-bond donors (Lipinski definition) is 3. The second kappa shape index (κ2) is 4.88. The smallest absolute Gasteiger partial charge is 0.331 e. The summed E-state index contributed by atoms with van der Waals surface area (Å²) >= 11 is 0.969. The molecule has 8 heteroatoms. The zero-order valence-electron chi connectivity index (χ0n) is 10.4. The van der Waals surface area contributed by atoms with Crippen LogP contribution in [0.3, 0.4) is 0 Å². The summed E-state index contributed by atoms with van der Waals surface area (Å²) in [5.74, 6) is -0.590. The van der Waals surface area contributed by atoms with Gasteiger partial charge in [-0.25, -0.2) is 4.79 Å². The maximum absolute atomic E-state index is 11.7. The summed E-state index contributed by atoms with van der Waals surface area (Å²) < 4.78 is 1.02. The van der Waals surface area contributed by atoms with Crippen molar-refractivity contribution in [2.75, 3.05) is 0 Å². The maximum atomic E-state index is 11.7. The number of nitrogens with zero attached hydrogens (tertiary/aromatic N) is 1. The fourth-order valence-corrected chi connectivity index (χ4v) is 2.38. The highest BCUT2D eigenvalue weighted by molar-refractivity contribution is 7.07. The molecular formula is C11H13N3O4S. The van der Waals surface area contributed by atoms with Gasteiger partial charge in [-0.2, -0.15) is 0 Å². The number of aromatic nitrogens is 3. The zero-order valence-corrected chi connectivity index (χ0v) is 11.2. The number of aromatic amines is 2. The van der Waals surface area contributed by atoms with Gasteiger partial charge in [0.2, 0.25) is 5.88 Å². The molecule has 0 aliphatic carbocycles. The van der Waals surface area contributed by atoms with E-state index in [4.69, 9.17) is 0 Å². The van der Waals surface area contributed by atoms with Crippen molar-refractivity contribution in [3.63, 3.8) is 0 Å². The van der Waals surface area contributed by atoms with E-state index in [-0.39, 0.29) is 28.8 Å². The molecule has 0 aromatic carbocycles. The van der Waals surface area contributed by atoms with Gasteiger partial charge < -0.3 is 10.1 Å². The molecule has 0 unspecified atom stereocenters. The molecule has 0 aliphatic rings. The van der Waals surface area contributed by atoms with Crippen molar-refractivity contribution >= 4 is 11.3 Å². The summed E-state index contributed by atoms with van der Waals surface area (Å²) in [6.45, 7) is 3.48. The average molecular weight is 283 g/mol. The zero-order chi connectivity index (χ0) is 14.2. The number of H-pyrrole nitrogens is 2. The van der Waals surface area contributed by atoms with Crippen LogP contribution in [0.1, 0.15) is 31.0 Å². The van der Waals surface area contributed by atoms with Gasteiger partial charge in [-0.3, -0.25) is 19.1 Å². The largest absolute Gasteiger partial charge is 0.494 e. The van der Waals surface area contributed by atoms with Crippen LogP contribution in [0.25, 0.3) is 0 Å². The van der Waals surface area contributed by atoms with Crippen molar-refractivity contribution in [1.29, 1.82) is 0 Å². The summed E-state index contributed by atoms with van der Waals surface area (Å²) in [5, 5.41) is 11.6. The molecule has 2 rings (SSSR count).